The zero-order chi connectivity index (χ0) is 9.54. The first kappa shape index (κ1) is 9.17. The van der Waals surface area contributed by atoms with Crippen molar-refractivity contribution in [3.8, 4) is 0 Å². The van der Waals surface area contributed by atoms with Gasteiger partial charge in [-0.05, 0) is 50.0 Å². The maximum Gasteiger partial charge on any atom is 0.0107 e. The van der Waals surface area contributed by atoms with Crippen LogP contribution in [0.2, 0.25) is 0 Å². The number of rotatable bonds is 3. The molecule has 2 unspecified atom stereocenters. The van der Waals surface area contributed by atoms with E-state index in [1.54, 1.807) is 19.3 Å². The Hall–Kier alpha value is -0.0800. The average Bonchev–Trinajstić information content (AvgIpc) is 2.85. The lowest BCUT2D eigenvalue weighted by Gasteiger charge is -2.22. The van der Waals surface area contributed by atoms with Gasteiger partial charge in [0.1, 0.15) is 0 Å². The fourth-order valence-corrected chi connectivity index (χ4v) is 4.22. The molecular weight excluding hydrogens is 172 g/mol. The van der Waals surface area contributed by atoms with E-state index in [1.807, 2.05) is 0 Å². The molecule has 1 N–H and O–H groups in total. The first-order valence-electron chi connectivity index (χ1n) is 6.25. The van der Waals surface area contributed by atoms with Gasteiger partial charge in [0.2, 0.25) is 0 Å². The van der Waals surface area contributed by atoms with E-state index in [1.165, 1.54) is 19.6 Å². The van der Waals surface area contributed by atoms with Gasteiger partial charge in [-0.1, -0.05) is 0 Å². The van der Waals surface area contributed by atoms with Crippen LogP contribution >= 0.6 is 0 Å². The van der Waals surface area contributed by atoms with Gasteiger partial charge in [0, 0.05) is 26.2 Å². The van der Waals surface area contributed by atoms with Crippen LogP contribution in [0.4, 0.5) is 0 Å². The van der Waals surface area contributed by atoms with Gasteiger partial charge >= 0.3 is 0 Å². The maximum atomic E-state index is 3.26. The predicted octanol–water partition coefficient (Wildman–Crippen LogP) is 1.18. The molecule has 0 aromatic heterocycles. The van der Waals surface area contributed by atoms with Gasteiger partial charge in [0.25, 0.3) is 0 Å². The third-order valence-corrected chi connectivity index (χ3v) is 4.89. The van der Waals surface area contributed by atoms with Gasteiger partial charge in [-0.3, -0.25) is 0 Å². The van der Waals surface area contributed by atoms with Crippen molar-refractivity contribution in [1.82, 2.24) is 10.2 Å². The fraction of sp³-hybridized carbons (Fsp3) is 1.00. The van der Waals surface area contributed by atoms with Crippen molar-refractivity contribution in [2.45, 2.75) is 19.3 Å². The van der Waals surface area contributed by atoms with Crippen molar-refractivity contribution in [2.24, 2.45) is 23.7 Å². The molecule has 0 spiro atoms. The first-order valence-corrected chi connectivity index (χ1v) is 6.25. The summed E-state index contributed by atoms with van der Waals surface area (Å²) in [6, 6.07) is 0. The van der Waals surface area contributed by atoms with Crippen LogP contribution < -0.4 is 5.32 Å². The third-order valence-electron chi connectivity index (χ3n) is 4.89. The number of nitrogens with one attached hydrogen (secondary N) is 1. The predicted molar refractivity (Wildman–Crippen MR) is 58.2 cm³/mol. The average molecular weight is 194 g/mol. The lowest BCUT2D eigenvalue weighted by Crippen LogP contribution is -2.30. The lowest BCUT2D eigenvalue weighted by atomic mass is 9.82. The third kappa shape index (κ3) is 1.31. The molecule has 0 radical (unpaired) electrons. The zero-order valence-corrected chi connectivity index (χ0v) is 9.21. The molecule has 14 heavy (non-hydrogen) atoms. The van der Waals surface area contributed by atoms with Gasteiger partial charge < -0.3 is 10.2 Å². The molecule has 80 valence electrons. The summed E-state index contributed by atoms with van der Waals surface area (Å²) in [5.74, 6) is 4.41. The number of nitrogens with zero attached hydrogens (tertiary/aromatic N) is 1. The van der Waals surface area contributed by atoms with Gasteiger partial charge in [-0.15, -0.1) is 0 Å². The van der Waals surface area contributed by atoms with Crippen LogP contribution in [-0.2, 0) is 0 Å². The molecule has 2 heteroatoms. The second-order valence-corrected chi connectivity index (χ2v) is 5.52. The summed E-state index contributed by atoms with van der Waals surface area (Å²) in [6.07, 6.45) is 4.67. The van der Waals surface area contributed by atoms with Gasteiger partial charge in [0.15, 0.2) is 0 Å². The summed E-state index contributed by atoms with van der Waals surface area (Å²) >= 11 is 0. The van der Waals surface area contributed by atoms with Crippen molar-refractivity contribution in [2.75, 3.05) is 33.2 Å². The van der Waals surface area contributed by atoms with Crippen LogP contribution in [0.5, 0.6) is 0 Å². The zero-order valence-electron chi connectivity index (χ0n) is 9.21. The van der Waals surface area contributed by atoms with Crippen molar-refractivity contribution in [3.63, 3.8) is 0 Å². The highest BCUT2D eigenvalue weighted by atomic mass is 15.2. The second kappa shape index (κ2) is 3.49. The van der Waals surface area contributed by atoms with Gasteiger partial charge in [-0.25, -0.2) is 0 Å². The summed E-state index contributed by atoms with van der Waals surface area (Å²) in [4.78, 5) is 2.69. The maximum absolute atomic E-state index is 3.26. The number of hydrogen-bond donors (Lipinski definition) is 1. The lowest BCUT2D eigenvalue weighted by molar-refractivity contribution is 0.281. The minimum atomic E-state index is 1.09. The summed E-state index contributed by atoms with van der Waals surface area (Å²) in [7, 11) is 2.06. The molecule has 1 aliphatic heterocycles. The summed E-state index contributed by atoms with van der Waals surface area (Å²) < 4.78 is 0. The topological polar surface area (TPSA) is 15.3 Å². The Balaban J connectivity index is 1.60. The van der Waals surface area contributed by atoms with Gasteiger partial charge in [-0.2, -0.15) is 0 Å². The Kier molecular flexibility index (Phi) is 2.29. The monoisotopic (exact) mass is 194 g/mol. The van der Waals surface area contributed by atoms with Crippen LogP contribution in [0.1, 0.15) is 19.3 Å². The van der Waals surface area contributed by atoms with Crippen molar-refractivity contribution in [1.29, 1.82) is 0 Å². The van der Waals surface area contributed by atoms with Gasteiger partial charge in [0.05, 0.1) is 0 Å². The molecule has 0 aromatic rings. The van der Waals surface area contributed by atoms with Crippen molar-refractivity contribution >= 4 is 0 Å². The van der Waals surface area contributed by atoms with E-state index in [-0.39, 0.29) is 0 Å². The molecule has 0 amide bonds. The van der Waals surface area contributed by atoms with Crippen LogP contribution in [0, 0.1) is 23.7 Å². The van der Waals surface area contributed by atoms with Crippen molar-refractivity contribution in [3.05, 3.63) is 0 Å². The Morgan fingerprint density at radius 2 is 1.79 bits per heavy atom. The highest BCUT2D eigenvalue weighted by Crippen LogP contribution is 2.54. The molecule has 1 heterocycles. The molecule has 2 bridgehead atoms. The molecule has 1 saturated heterocycles. The SMILES string of the molecule is CNCCN1C[C@@H]2C3CCC(C3)[C@@H]2C1. The number of fused-ring (bicyclic) bond motifs is 5. The van der Waals surface area contributed by atoms with E-state index in [9.17, 15) is 0 Å². The van der Waals surface area contributed by atoms with E-state index in [4.69, 9.17) is 0 Å². The number of hydrogen-bond acceptors (Lipinski definition) is 2. The summed E-state index contributed by atoms with van der Waals surface area (Å²) in [6.45, 7) is 5.25. The minimum absolute atomic E-state index is 1.09. The molecule has 2 saturated carbocycles. The highest BCUT2D eigenvalue weighted by molar-refractivity contribution is 5.02. The Bertz CT molecular complexity index is 198. The largest absolute Gasteiger partial charge is 0.318 e. The van der Waals surface area contributed by atoms with E-state index in [0.717, 1.165) is 30.2 Å². The molecule has 3 rings (SSSR count). The number of likely N-dealkylation sites (tertiary alicyclic amines) is 1. The molecule has 2 nitrogen and oxygen atoms in total. The Morgan fingerprint density at radius 3 is 2.36 bits per heavy atom. The second-order valence-electron chi connectivity index (χ2n) is 5.52. The Labute approximate surface area is 87.0 Å². The molecule has 2 aliphatic carbocycles. The van der Waals surface area contributed by atoms with Crippen LogP contribution in [0.15, 0.2) is 0 Å². The summed E-state index contributed by atoms with van der Waals surface area (Å²) in [5, 5.41) is 3.26. The molecule has 4 atom stereocenters. The normalized spacial score (nSPS) is 46.1. The minimum Gasteiger partial charge on any atom is -0.318 e. The molecular formula is C12H22N2. The molecule has 0 aromatic carbocycles. The Morgan fingerprint density at radius 1 is 1.14 bits per heavy atom. The van der Waals surface area contributed by atoms with Crippen LogP contribution in [0.25, 0.3) is 0 Å². The van der Waals surface area contributed by atoms with Crippen LogP contribution in [-0.4, -0.2) is 38.1 Å². The van der Waals surface area contributed by atoms with E-state index < -0.39 is 0 Å². The highest BCUT2D eigenvalue weighted by Gasteiger charge is 2.51. The van der Waals surface area contributed by atoms with Crippen LogP contribution in [0.3, 0.4) is 0 Å². The van der Waals surface area contributed by atoms with E-state index in [0.29, 0.717) is 0 Å². The van der Waals surface area contributed by atoms with Crippen molar-refractivity contribution < 1.29 is 0 Å². The summed E-state index contributed by atoms with van der Waals surface area (Å²) in [5.41, 5.74) is 0. The first-order chi connectivity index (χ1) is 6.88. The molecule has 3 aliphatic rings. The quantitative estimate of drug-likeness (QED) is 0.726. The molecule has 3 fully saturated rings. The standard InChI is InChI=1S/C12H22N2/c1-13-4-5-14-7-11-9-2-3-10(6-9)12(11)8-14/h9-13H,2-8H2,1H3/t9?,10?,11-,12+. The van der Waals surface area contributed by atoms with E-state index >= 15 is 0 Å². The fourth-order valence-electron chi connectivity index (χ4n) is 4.22. The smallest absolute Gasteiger partial charge is 0.0107 e. The number of likely N-dealkylation sites (N-methyl/N-ethyl adjacent to an activating group) is 1. The van der Waals surface area contributed by atoms with E-state index in [2.05, 4.69) is 17.3 Å².